The van der Waals surface area contributed by atoms with Gasteiger partial charge in [0.25, 0.3) is 10.1 Å². The Morgan fingerprint density at radius 1 is 1.06 bits per heavy atom. The Hall–Kier alpha value is -2.83. The van der Waals surface area contributed by atoms with E-state index in [1.54, 1.807) is 0 Å². The quantitative estimate of drug-likeness (QED) is 0.0719. The fourth-order valence-corrected chi connectivity index (χ4v) is 5.33. The zero-order valence-electron chi connectivity index (χ0n) is 17.9. The highest BCUT2D eigenvalue weighted by atomic mass is 32.2. The lowest BCUT2D eigenvalue weighted by molar-refractivity contribution is -0.432. The third-order valence-electron chi connectivity index (χ3n) is 4.63. The average Bonchev–Trinajstić information content (AvgIpc) is 2.80. The largest absolute Gasteiger partial charge is 0.507 e. The molecule has 0 aliphatic heterocycles. The van der Waals surface area contributed by atoms with E-state index in [2.05, 4.69) is 19.6 Å². The molecule has 0 spiro atoms. The molecule has 3 rings (SSSR count). The standard InChI is InChI=1S/C19H19N3O10S3/c1-30-6-7-34(25,26)13-4-2-11(3-5-13)21-22-15-10-17(35(27,28)29)14-8-12(33-32-31-24)9-16(23)18(14)19(15)20/h2-5,8-10,23-24H,6-7,20H2,1H3,(H,27,28,29). The van der Waals surface area contributed by atoms with Crippen molar-refractivity contribution in [2.45, 2.75) is 14.7 Å². The molecule has 0 unspecified atom stereocenters. The van der Waals surface area contributed by atoms with Crippen LogP contribution in [0, 0.1) is 0 Å². The van der Waals surface area contributed by atoms with Gasteiger partial charge >= 0.3 is 0 Å². The Kier molecular flexibility index (Phi) is 8.29. The normalized spacial score (nSPS) is 12.5. The van der Waals surface area contributed by atoms with Crippen molar-refractivity contribution in [2.24, 2.45) is 10.2 Å². The fraction of sp³-hybridized carbons (Fsp3) is 0.158. The molecule has 0 aromatic heterocycles. The Morgan fingerprint density at radius 3 is 2.34 bits per heavy atom. The highest BCUT2D eigenvalue weighted by Crippen LogP contribution is 2.43. The van der Waals surface area contributed by atoms with Gasteiger partial charge < -0.3 is 15.6 Å². The van der Waals surface area contributed by atoms with E-state index in [-0.39, 0.29) is 50.0 Å². The number of sulfone groups is 1. The number of fused-ring (bicyclic) bond motifs is 1. The summed E-state index contributed by atoms with van der Waals surface area (Å²) in [7, 11) is -6.96. The van der Waals surface area contributed by atoms with Crippen molar-refractivity contribution >= 4 is 59.8 Å². The van der Waals surface area contributed by atoms with Crippen molar-refractivity contribution in [3.05, 3.63) is 42.5 Å². The molecule has 5 N–H and O–H groups in total. The first-order valence-electron chi connectivity index (χ1n) is 9.43. The second-order valence-electron chi connectivity index (χ2n) is 6.88. The van der Waals surface area contributed by atoms with E-state index in [0.29, 0.717) is 12.0 Å². The minimum Gasteiger partial charge on any atom is -0.507 e. The molecule has 0 aliphatic rings. The molecule has 188 valence electrons. The van der Waals surface area contributed by atoms with E-state index in [0.717, 1.165) is 12.1 Å². The minimum atomic E-state index is -4.81. The molecule has 3 aromatic carbocycles. The van der Waals surface area contributed by atoms with Gasteiger partial charge in [0.2, 0.25) is 0 Å². The van der Waals surface area contributed by atoms with Crippen molar-refractivity contribution < 1.29 is 45.9 Å². The molecule has 0 aliphatic carbocycles. The average molecular weight is 546 g/mol. The molecule has 0 heterocycles. The molecule has 0 fully saturated rings. The van der Waals surface area contributed by atoms with Crippen LogP contribution in [0.4, 0.5) is 17.1 Å². The first-order chi connectivity index (χ1) is 16.5. The number of benzene rings is 3. The van der Waals surface area contributed by atoms with Gasteiger partial charge in [0.05, 0.1) is 46.1 Å². The number of phenols is 1. The molecule has 0 bridgehead atoms. The zero-order chi connectivity index (χ0) is 25.8. The Balaban J connectivity index is 2.05. The van der Waals surface area contributed by atoms with Crippen LogP contribution >= 0.6 is 12.0 Å². The van der Waals surface area contributed by atoms with Crippen LogP contribution in [0.5, 0.6) is 5.75 Å². The van der Waals surface area contributed by atoms with Gasteiger partial charge in [-0.25, -0.2) is 13.7 Å². The van der Waals surface area contributed by atoms with E-state index in [4.69, 9.17) is 15.7 Å². The summed E-state index contributed by atoms with van der Waals surface area (Å²) in [5.41, 5.74) is 5.98. The molecule has 0 saturated heterocycles. The number of nitrogens with two attached hydrogens (primary N) is 1. The predicted octanol–water partition coefficient (Wildman–Crippen LogP) is 3.64. The first kappa shape index (κ1) is 26.8. The van der Waals surface area contributed by atoms with E-state index >= 15 is 0 Å². The number of ether oxygens (including phenoxy) is 1. The highest BCUT2D eigenvalue weighted by Gasteiger charge is 2.22. The maximum atomic E-state index is 12.2. The molecular formula is C19H19N3O10S3. The van der Waals surface area contributed by atoms with Crippen molar-refractivity contribution in [2.75, 3.05) is 25.2 Å². The maximum absolute atomic E-state index is 12.2. The number of hydrogen-bond acceptors (Lipinski definition) is 13. The van der Waals surface area contributed by atoms with Crippen LogP contribution in [0.2, 0.25) is 0 Å². The van der Waals surface area contributed by atoms with Crippen molar-refractivity contribution in [3.63, 3.8) is 0 Å². The Morgan fingerprint density at radius 2 is 1.74 bits per heavy atom. The van der Waals surface area contributed by atoms with E-state index in [1.807, 2.05) is 0 Å². The van der Waals surface area contributed by atoms with Gasteiger partial charge in [0, 0.05) is 17.4 Å². The number of azo groups is 1. The van der Waals surface area contributed by atoms with Crippen molar-refractivity contribution in [3.8, 4) is 5.75 Å². The van der Waals surface area contributed by atoms with E-state index in [9.17, 15) is 26.5 Å². The molecule has 16 heteroatoms. The van der Waals surface area contributed by atoms with Crippen molar-refractivity contribution in [1.29, 1.82) is 0 Å². The molecule has 0 atom stereocenters. The summed E-state index contributed by atoms with van der Waals surface area (Å²) in [4.78, 5) is -0.456. The summed E-state index contributed by atoms with van der Waals surface area (Å²) < 4.78 is 67.3. The summed E-state index contributed by atoms with van der Waals surface area (Å²) in [5, 5.41) is 29.8. The molecule has 0 amide bonds. The summed E-state index contributed by atoms with van der Waals surface area (Å²) in [6.45, 7) is 0.0381. The summed E-state index contributed by atoms with van der Waals surface area (Å²) in [6, 6.07) is 8.76. The summed E-state index contributed by atoms with van der Waals surface area (Å²) in [5.74, 6) is -0.671. The first-order valence-corrected chi connectivity index (χ1v) is 13.3. The van der Waals surface area contributed by atoms with Gasteiger partial charge in [-0.1, -0.05) is 5.04 Å². The van der Waals surface area contributed by atoms with Crippen LogP contribution in [0.15, 0.2) is 67.4 Å². The number of anilines is 1. The van der Waals surface area contributed by atoms with E-state index in [1.165, 1.54) is 37.4 Å². The molecular weight excluding hydrogens is 526 g/mol. The Labute approximate surface area is 203 Å². The van der Waals surface area contributed by atoms with Gasteiger partial charge in [-0.15, -0.1) is 9.45 Å². The van der Waals surface area contributed by atoms with Crippen LogP contribution < -0.4 is 5.73 Å². The smallest absolute Gasteiger partial charge is 0.295 e. The Bertz CT molecular complexity index is 1470. The number of nitrogens with zero attached hydrogens (tertiary/aromatic N) is 2. The third kappa shape index (κ3) is 6.24. The number of rotatable bonds is 10. The monoisotopic (exact) mass is 545 g/mol. The maximum Gasteiger partial charge on any atom is 0.295 e. The van der Waals surface area contributed by atoms with Crippen LogP contribution in [0.25, 0.3) is 10.8 Å². The SMILES string of the molecule is COCCS(=O)(=O)c1ccc(N=Nc2cc(S(=O)(=O)O)c3cc(SOOO)cc(O)c3c2N)cc1. The van der Waals surface area contributed by atoms with Crippen LogP contribution in [0.1, 0.15) is 0 Å². The topological polar surface area (TPSA) is 207 Å². The number of phenolic OH excluding ortho intramolecular Hbond substituents is 1. The van der Waals surface area contributed by atoms with E-state index < -0.39 is 30.6 Å². The lowest BCUT2D eigenvalue weighted by atomic mass is 10.1. The van der Waals surface area contributed by atoms with Gasteiger partial charge in [0.1, 0.15) is 16.3 Å². The molecule has 0 saturated carbocycles. The second kappa shape index (κ2) is 10.8. The van der Waals surface area contributed by atoms with Gasteiger partial charge in [-0.3, -0.25) is 4.55 Å². The third-order valence-corrected chi connectivity index (χ3v) is 7.78. The lowest BCUT2D eigenvalue weighted by Crippen LogP contribution is -2.11. The van der Waals surface area contributed by atoms with Crippen molar-refractivity contribution in [1.82, 2.24) is 0 Å². The van der Waals surface area contributed by atoms with Crippen LogP contribution in [0.3, 0.4) is 0 Å². The van der Waals surface area contributed by atoms with Gasteiger partial charge in [-0.05, 0) is 42.5 Å². The highest BCUT2D eigenvalue weighted by molar-refractivity contribution is 7.94. The molecule has 0 radical (unpaired) electrons. The number of aromatic hydroxyl groups is 1. The van der Waals surface area contributed by atoms with Crippen LogP contribution in [-0.2, 0) is 34.1 Å². The molecule has 35 heavy (non-hydrogen) atoms. The molecule has 13 nitrogen and oxygen atoms in total. The van der Waals surface area contributed by atoms with Crippen LogP contribution in [-0.4, -0.2) is 51.2 Å². The number of hydrogen-bond donors (Lipinski definition) is 4. The minimum absolute atomic E-state index is 0.0381. The lowest BCUT2D eigenvalue weighted by Gasteiger charge is -2.12. The number of methoxy groups -OCH3 is 1. The molecule has 3 aromatic rings. The zero-order valence-corrected chi connectivity index (χ0v) is 20.3. The predicted molar refractivity (Wildman–Crippen MR) is 125 cm³/mol. The van der Waals surface area contributed by atoms with Gasteiger partial charge in [-0.2, -0.15) is 13.5 Å². The summed E-state index contributed by atoms with van der Waals surface area (Å²) in [6.07, 6.45) is 0. The fourth-order valence-electron chi connectivity index (χ4n) is 3.03. The second-order valence-corrected chi connectivity index (χ2v) is 11.2. The summed E-state index contributed by atoms with van der Waals surface area (Å²) >= 11 is 0.452. The van der Waals surface area contributed by atoms with Gasteiger partial charge in [0.15, 0.2) is 9.84 Å². The number of nitrogen functional groups attached to an aromatic ring is 1.